The maximum absolute atomic E-state index is 6.21. The molecule has 21 heavy (non-hydrogen) atoms. The van der Waals surface area contributed by atoms with Crippen LogP contribution in [0.2, 0.25) is 0 Å². The van der Waals surface area contributed by atoms with Crippen LogP contribution in [0.4, 0.5) is 5.82 Å². The van der Waals surface area contributed by atoms with Crippen molar-refractivity contribution in [3.63, 3.8) is 0 Å². The van der Waals surface area contributed by atoms with E-state index in [9.17, 15) is 0 Å². The Morgan fingerprint density at radius 3 is 2.71 bits per heavy atom. The molecule has 0 saturated carbocycles. The zero-order valence-electron chi connectivity index (χ0n) is 12.4. The van der Waals surface area contributed by atoms with Crippen LogP contribution in [0.3, 0.4) is 0 Å². The molecule has 1 heterocycles. The molecule has 1 aliphatic rings. The Bertz CT molecular complexity index is 679. The fourth-order valence-corrected chi connectivity index (χ4v) is 3.79. The lowest BCUT2D eigenvalue weighted by molar-refractivity contribution is 0.413. The first-order valence-corrected chi connectivity index (χ1v) is 8.09. The van der Waals surface area contributed by atoms with Crippen LogP contribution < -0.4 is 10.5 Å². The summed E-state index contributed by atoms with van der Waals surface area (Å²) in [6.45, 7) is 0. The summed E-state index contributed by atoms with van der Waals surface area (Å²) in [7, 11) is 3.57. The second-order valence-electron chi connectivity index (χ2n) is 5.53. The molecule has 0 amide bonds. The van der Waals surface area contributed by atoms with E-state index in [1.807, 2.05) is 13.2 Å². The second-order valence-corrected chi connectivity index (χ2v) is 6.39. The van der Waals surface area contributed by atoms with Gasteiger partial charge in [-0.15, -0.1) is 0 Å². The van der Waals surface area contributed by atoms with Crippen LogP contribution in [-0.4, -0.2) is 16.9 Å². The molecule has 4 nitrogen and oxygen atoms in total. The normalized spacial score (nSPS) is 14.6. The highest BCUT2D eigenvalue weighted by molar-refractivity contribution is 9.10. The number of aryl methyl sites for hydroxylation is 2. The van der Waals surface area contributed by atoms with Gasteiger partial charge in [0.2, 0.25) is 0 Å². The first-order valence-electron chi connectivity index (χ1n) is 7.29. The van der Waals surface area contributed by atoms with Gasteiger partial charge in [-0.25, -0.2) is 0 Å². The molecule has 3 rings (SSSR count). The molecule has 1 aromatic heterocycles. The quantitative estimate of drug-likeness (QED) is 0.840. The van der Waals surface area contributed by atoms with Gasteiger partial charge in [-0.2, -0.15) is 5.10 Å². The largest absolute Gasteiger partial charge is 0.495 e. The van der Waals surface area contributed by atoms with Crippen LogP contribution in [0, 0.1) is 0 Å². The third kappa shape index (κ3) is 2.44. The van der Waals surface area contributed by atoms with Gasteiger partial charge in [0.25, 0.3) is 0 Å². The molecule has 0 unspecified atom stereocenters. The number of nitrogens with zero attached hydrogens (tertiary/aromatic N) is 2. The summed E-state index contributed by atoms with van der Waals surface area (Å²) in [4.78, 5) is 0. The molecule has 0 fully saturated rings. The number of fused-ring (bicyclic) bond motifs is 1. The fraction of sp³-hybridized carbons (Fsp3) is 0.438. The molecule has 0 spiro atoms. The summed E-state index contributed by atoms with van der Waals surface area (Å²) in [5.74, 6) is 1.54. The zero-order valence-corrected chi connectivity index (χ0v) is 14.0. The summed E-state index contributed by atoms with van der Waals surface area (Å²) in [5, 5.41) is 4.29. The van der Waals surface area contributed by atoms with Crippen molar-refractivity contribution in [1.82, 2.24) is 9.78 Å². The van der Waals surface area contributed by atoms with Crippen molar-refractivity contribution in [3.05, 3.63) is 27.9 Å². The van der Waals surface area contributed by atoms with E-state index in [4.69, 9.17) is 10.5 Å². The molecule has 2 aromatic rings. The highest BCUT2D eigenvalue weighted by Crippen LogP contribution is 2.44. The van der Waals surface area contributed by atoms with Crippen LogP contribution in [0.15, 0.2) is 16.7 Å². The average Bonchev–Trinajstić information content (AvgIpc) is 2.67. The van der Waals surface area contributed by atoms with Crippen molar-refractivity contribution in [1.29, 1.82) is 0 Å². The summed E-state index contributed by atoms with van der Waals surface area (Å²) in [6, 6.07) is 2.20. The number of aromatic nitrogens is 2. The van der Waals surface area contributed by atoms with Gasteiger partial charge in [0.05, 0.1) is 17.8 Å². The van der Waals surface area contributed by atoms with E-state index in [1.54, 1.807) is 11.8 Å². The van der Waals surface area contributed by atoms with Crippen molar-refractivity contribution in [2.75, 3.05) is 12.8 Å². The van der Waals surface area contributed by atoms with Crippen molar-refractivity contribution in [3.8, 4) is 16.9 Å². The van der Waals surface area contributed by atoms with Crippen molar-refractivity contribution in [2.45, 2.75) is 32.1 Å². The summed E-state index contributed by atoms with van der Waals surface area (Å²) < 4.78 is 8.36. The van der Waals surface area contributed by atoms with Crippen LogP contribution in [-0.2, 0) is 19.9 Å². The van der Waals surface area contributed by atoms with Crippen LogP contribution in [0.1, 0.15) is 30.4 Å². The predicted octanol–water partition coefficient (Wildman–Crippen LogP) is 3.71. The molecule has 1 aliphatic carbocycles. The van der Waals surface area contributed by atoms with E-state index < -0.39 is 0 Å². The molecular weight excluding hydrogens is 330 g/mol. The minimum absolute atomic E-state index is 0.679. The topological polar surface area (TPSA) is 53.1 Å². The fourth-order valence-electron chi connectivity index (χ4n) is 3.15. The highest BCUT2D eigenvalue weighted by Gasteiger charge is 2.23. The summed E-state index contributed by atoms with van der Waals surface area (Å²) >= 11 is 3.65. The molecule has 0 atom stereocenters. The van der Waals surface area contributed by atoms with E-state index in [0.29, 0.717) is 5.82 Å². The van der Waals surface area contributed by atoms with Crippen molar-refractivity contribution >= 4 is 21.7 Å². The number of hydrogen-bond acceptors (Lipinski definition) is 3. The Kier molecular flexibility index (Phi) is 3.93. The van der Waals surface area contributed by atoms with Crippen LogP contribution in [0.25, 0.3) is 11.1 Å². The van der Waals surface area contributed by atoms with Gasteiger partial charge in [-0.05, 0) is 58.8 Å². The van der Waals surface area contributed by atoms with E-state index in [1.165, 1.54) is 30.4 Å². The first-order chi connectivity index (χ1) is 10.1. The number of anilines is 1. The van der Waals surface area contributed by atoms with Crippen LogP contribution >= 0.6 is 15.9 Å². The third-order valence-electron chi connectivity index (χ3n) is 4.27. The van der Waals surface area contributed by atoms with Gasteiger partial charge in [0, 0.05) is 18.2 Å². The lowest BCUT2D eigenvalue weighted by atomic mass is 9.92. The predicted molar refractivity (Wildman–Crippen MR) is 88.6 cm³/mol. The molecular formula is C16H20BrN3O. The van der Waals surface area contributed by atoms with Gasteiger partial charge in [-0.3, -0.25) is 4.68 Å². The molecule has 0 saturated heterocycles. The standard InChI is InChI=1S/C16H20BrN3O/c1-20-16(18)12(9-19-20)14-11-7-5-3-4-6-10(11)8-13(17)15(14)21-2/h8-9H,3-7,18H2,1-2H3. The Hall–Kier alpha value is -1.49. The first kappa shape index (κ1) is 14.4. The van der Waals surface area contributed by atoms with Gasteiger partial charge in [0.15, 0.2) is 0 Å². The molecule has 0 aliphatic heterocycles. The van der Waals surface area contributed by atoms with Crippen LogP contribution in [0.5, 0.6) is 5.75 Å². The number of ether oxygens (including phenoxy) is 1. The Morgan fingerprint density at radius 2 is 2.05 bits per heavy atom. The Balaban J connectivity index is 2.30. The minimum Gasteiger partial charge on any atom is -0.495 e. The SMILES string of the molecule is COc1c(Br)cc2c(c1-c1cnn(C)c1N)CCCCC2. The molecule has 2 N–H and O–H groups in total. The Labute approximate surface area is 133 Å². The maximum atomic E-state index is 6.21. The number of methoxy groups -OCH3 is 1. The monoisotopic (exact) mass is 349 g/mol. The van der Waals surface area contributed by atoms with Gasteiger partial charge in [0.1, 0.15) is 11.6 Å². The molecule has 0 bridgehead atoms. The lowest BCUT2D eigenvalue weighted by Crippen LogP contribution is -2.03. The number of halogens is 1. The number of nitrogens with two attached hydrogens (primary N) is 1. The summed E-state index contributed by atoms with van der Waals surface area (Å²) in [5.41, 5.74) is 11.1. The Morgan fingerprint density at radius 1 is 1.29 bits per heavy atom. The molecule has 5 heteroatoms. The van der Waals surface area contributed by atoms with Gasteiger partial charge >= 0.3 is 0 Å². The number of rotatable bonds is 2. The van der Waals surface area contributed by atoms with Gasteiger partial charge < -0.3 is 10.5 Å². The minimum atomic E-state index is 0.679. The van der Waals surface area contributed by atoms with Crippen molar-refractivity contribution < 1.29 is 4.74 Å². The number of benzene rings is 1. The molecule has 1 aromatic carbocycles. The van der Waals surface area contributed by atoms with E-state index >= 15 is 0 Å². The number of nitrogen functional groups attached to an aromatic ring is 1. The lowest BCUT2D eigenvalue weighted by Gasteiger charge is -2.18. The molecule has 112 valence electrons. The smallest absolute Gasteiger partial charge is 0.141 e. The molecule has 0 radical (unpaired) electrons. The van der Waals surface area contributed by atoms with E-state index in [-0.39, 0.29) is 0 Å². The maximum Gasteiger partial charge on any atom is 0.141 e. The van der Waals surface area contributed by atoms with E-state index in [2.05, 4.69) is 27.1 Å². The highest BCUT2D eigenvalue weighted by atomic mass is 79.9. The zero-order chi connectivity index (χ0) is 15.0. The average molecular weight is 350 g/mol. The van der Waals surface area contributed by atoms with Gasteiger partial charge in [-0.1, -0.05) is 6.42 Å². The third-order valence-corrected chi connectivity index (χ3v) is 4.85. The second kappa shape index (κ2) is 5.72. The summed E-state index contributed by atoms with van der Waals surface area (Å²) in [6.07, 6.45) is 7.76. The number of hydrogen-bond donors (Lipinski definition) is 1. The van der Waals surface area contributed by atoms with E-state index in [0.717, 1.165) is 34.2 Å². The van der Waals surface area contributed by atoms with Crippen molar-refractivity contribution in [2.24, 2.45) is 7.05 Å².